The third-order valence-electron chi connectivity index (χ3n) is 4.25. The highest BCUT2D eigenvalue weighted by molar-refractivity contribution is 6.30. The Bertz CT molecular complexity index is 805. The molecule has 1 N–H and O–H groups in total. The molecule has 0 radical (unpaired) electrons. The van der Waals surface area contributed by atoms with Crippen molar-refractivity contribution in [2.75, 3.05) is 19.6 Å². The number of imidazole rings is 1. The van der Waals surface area contributed by atoms with Crippen LogP contribution in [0.1, 0.15) is 17.3 Å². The molecule has 4 rings (SSSR count). The molecule has 1 atom stereocenters. The molecule has 7 heteroatoms. The van der Waals surface area contributed by atoms with Crippen molar-refractivity contribution < 1.29 is 0 Å². The summed E-state index contributed by atoms with van der Waals surface area (Å²) in [5.74, 6) is 0. The second kappa shape index (κ2) is 7.49. The summed E-state index contributed by atoms with van der Waals surface area (Å²) < 4.78 is 1.99. The van der Waals surface area contributed by atoms with E-state index in [-0.39, 0.29) is 12.4 Å². The zero-order chi connectivity index (χ0) is 15.6. The summed E-state index contributed by atoms with van der Waals surface area (Å²) in [5.41, 5.74) is 3.23. The first-order valence-corrected chi connectivity index (χ1v) is 8.15. The van der Waals surface area contributed by atoms with Crippen molar-refractivity contribution >= 4 is 29.7 Å². The molecule has 126 valence electrons. The molecule has 1 aliphatic rings. The van der Waals surface area contributed by atoms with Gasteiger partial charge >= 0.3 is 0 Å². The predicted molar refractivity (Wildman–Crippen MR) is 97.7 cm³/mol. The van der Waals surface area contributed by atoms with Crippen LogP contribution in [0.25, 0.3) is 5.65 Å². The minimum Gasteiger partial charge on any atom is -0.314 e. The Hall–Kier alpha value is -1.66. The van der Waals surface area contributed by atoms with E-state index in [1.54, 1.807) is 0 Å². The molecule has 0 aliphatic carbocycles. The summed E-state index contributed by atoms with van der Waals surface area (Å²) in [6, 6.07) is 8.28. The van der Waals surface area contributed by atoms with Crippen molar-refractivity contribution in [3.8, 4) is 0 Å². The van der Waals surface area contributed by atoms with E-state index in [4.69, 9.17) is 16.6 Å². The summed E-state index contributed by atoms with van der Waals surface area (Å²) in [7, 11) is 0. The first kappa shape index (κ1) is 17.2. The fourth-order valence-electron chi connectivity index (χ4n) is 3.14. The van der Waals surface area contributed by atoms with E-state index < -0.39 is 0 Å². The number of hydrogen-bond donors (Lipinski definition) is 1. The Morgan fingerprint density at radius 2 is 2.17 bits per heavy atom. The van der Waals surface area contributed by atoms with E-state index in [0.717, 1.165) is 42.5 Å². The number of pyridine rings is 2. The first-order chi connectivity index (χ1) is 11.3. The van der Waals surface area contributed by atoms with E-state index in [9.17, 15) is 0 Å². The Balaban J connectivity index is 0.00000169. The summed E-state index contributed by atoms with van der Waals surface area (Å²) in [6.45, 7) is 3.75. The number of halogens is 2. The maximum absolute atomic E-state index is 6.05. The van der Waals surface area contributed by atoms with Crippen LogP contribution in [0, 0.1) is 0 Å². The number of aromatic nitrogens is 3. The number of piperazine rings is 1. The standard InChI is InChI=1S/C17H18ClN5.ClH/c18-14-3-4-17-21-15(12-23(17)10-14)11-22-7-6-20-9-16(22)13-2-1-5-19-8-13;/h1-5,8,10,12,16,20H,6-7,9,11H2;1H. The third kappa shape index (κ3) is 3.54. The topological polar surface area (TPSA) is 45.5 Å². The van der Waals surface area contributed by atoms with Gasteiger partial charge in [-0.15, -0.1) is 12.4 Å². The van der Waals surface area contributed by atoms with Crippen LogP contribution in [-0.2, 0) is 6.54 Å². The van der Waals surface area contributed by atoms with Gasteiger partial charge in [-0.25, -0.2) is 4.98 Å². The van der Waals surface area contributed by atoms with Gasteiger partial charge in [0.25, 0.3) is 0 Å². The van der Waals surface area contributed by atoms with Gasteiger partial charge in [0.05, 0.1) is 10.7 Å². The predicted octanol–water partition coefficient (Wildman–Crippen LogP) is 2.95. The Labute approximate surface area is 152 Å². The van der Waals surface area contributed by atoms with Crippen LogP contribution in [0.15, 0.2) is 49.1 Å². The fraction of sp³-hybridized carbons (Fsp3) is 0.294. The Morgan fingerprint density at radius 1 is 1.25 bits per heavy atom. The molecule has 0 bridgehead atoms. The Kier molecular flexibility index (Phi) is 5.36. The van der Waals surface area contributed by atoms with Crippen LogP contribution >= 0.6 is 24.0 Å². The normalized spacial score (nSPS) is 18.5. The van der Waals surface area contributed by atoms with E-state index in [2.05, 4.69) is 27.5 Å². The molecule has 5 nitrogen and oxygen atoms in total. The fourth-order valence-corrected chi connectivity index (χ4v) is 3.31. The van der Waals surface area contributed by atoms with Gasteiger partial charge in [-0.2, -0.15) is 0 Å². The number of nitrogens with zero attached hydrogens (tertiary/aromatic N) is 4. The molecule has 3 aromatic rings. The van der Waals surface area contributed by atoms with E-state index in [1.165, 1.54) is 5.56 Å². The minimum absolute atomic E-state index is 0. The van der Waals surface area contributed by atoms with Gasteiger partial charge in [-0.05, 0) is 23.8 Å². The molecule has 24 heavy (non-hydrogen) atoms. The molecule has 0 aromatic carbocycles. The zero-order valence-corrected chi connectivity index (χ0v) is 14.7. The molecule has 1 aliphatic heterocycles. The maximum Gasteiger partial charge on any atom is 0.137 e. The quantitative estimate of drug-likeness (QED) is 0.776. The van der Waals surface area contributed by atoms with Gasteiger partial charge in [0.1, 0.15) is 5.65 Å². The van der Waals surface area contributed by atoms with Gasteiger partial charge < -0.3 is 9.72 Å². The Morgan fingerprint density at radius 3 is 3.00 bits per heavy atom. The van der Waals surface area contributed by atoms with Crippen molar-refractivity contribution in [3.05, 3.63) is 65.3 Å². The first-order valence-electron chi connectivity index (χ1n) is 7.77. The molecule has 4 heterocycles. The number of hydrogen-bond acceptors (Lipinski definition) is 4. The van der Waals surface area contributed by atoms with Crippen molar-refractivity contribution in [1.82, 2.24) is 24.6 Å². The lowest BCUT2D eigenvalue weighted by atomic mass is 10.1. The molecular formula is C17H19Cl2N5. The molecule has 1 saturated heterocycles. The van der Waals surface area contributed by atoms with Crippen LogP contribution < -0.4 is 5.32 Å². The van der Waals surface area contributed by atoms with E-state index in [1.807, 2.05) is 41.2 Å². The summed E-state index contributed by atoms with van der Waals surface area (Å²) >= 11 is 6.05. The van der Waals surface area contributed by atoms with Crippen LogP contribution in [0.2, 0.25) is 5.02 Å². The van der Waals surface area contributed by atoms with Crippen molar-refractivity contribution in [2.45, 2.75) is 12.6 Å². The monoisotopic (exact) mass is 363 g/mol. The van der Waals surface area contributed by atoms with Gasteiger partial charge in [0.15, 0.2) is 0 Å². The second-order valence-electron chi connectivity index (χ2n) is 5.82. The molecule has 1 unspecified atom stereocenters. The molecule has 0 saturated carbocycles. The molecule has 0 spiro atoms. The zero-order valence-electron chi connectivity index (χ0n) is 13.1. The van der Waals surface area contributed by atoms with Gasteiger partial charge in [0.2, 0.25) is 0 Å². The second-order valence-corrected chi connectivity index (χ2v) is 6.26. The minimum atomic E-state index is 0. The highest BCUT2D eigenvalue weighted by Gasteiger charge is 2.24. The van der Waals surface area contributed by atoms with Crippen LogP contribution in [0.5, 0.6) is 0 Å². The third-order valence-corrected chi connectivity index (χ3v) is 4.48. The molecule has 0 amide bonds. The smallest absolute Gasteiger partial charge is 0.137 e. The highest BCUT2D eigenvalue weighted by atomic mass is 35.5. The lowest BCUT2D eigenvalue weighted by Crippen LogP contribution is -2.45. The molecule has 3 aromatic heterocycles. The lowest BCUT2D eigenvalue weighted by Gasteiger charge is -2.35. The highest BCUT2D eigenvalue weighted by Crippen LogP contribution is 2.23. The largest absolute Gasteiger partial charge is 0.314 e. The van der Waals surface area contributed by atoms with E-state index in [0.29, 0.717) is 6.04 Å². The molecular weight excluding hydrogens is 345 g/mol. The average Bonchev–Trinajstić information content (AvgIpc) is 2.97. The van der Waals surface area contributed by atoms with Gasteiger partial charge in [-0.3, -0.25) is 9.88 Å². The van der Waals surface area contributed by atoms with Crippen molar-refractivity contribution in [2.24, 2.45) is 0 Å². The van der Waals surface area contributed by atoms with Crippen molar-refractivity contribution in [1.29, 1.82) is 0 Å². The van der Waals surface area contributed by atoms with E-state index >= 15 is 0 Å². The summed E-state index contributed by atoms with van der Waals surface area (Å²) in [5, 5.41) is 4.19. The SMILES string of the molecule is Cl.Clc1ccc2nc(CN3CCNCC3c3cccnc3)cn2c1. The van der Waals surface area contributed by atoms with Crippen LogP contribution in [-0.4, -0.2) is 38.9 Å². The van der Waals surface area contributed by atoms with Crippen molar-refractivity contribution in [3.63, 3.8) is 0 Å². The number of rotatable bonds is 3. The lowest BCUT2D eigenvalue weighted by molar-refractivity contribution is 0.152. The average molecular weight is 364 g/mol. The summed E-state index contributed by atoms with van der Waals surface area (Å²) in [6.07, 6.45) is 7.72. The number of nitrogens with one attached hydrogen (secondary N) is 1. The van der Waals surface area contributed by atoms with Crippen LogP contribution in [0.4, 0.5) is 0 Å². The molecule has 1 fully saturated rings. The summed E-state index contributed by atoms with van der Waals surface area (Å²) in [4.78, 5) is 11.4. The van der Waals surface area contributed by atoms with Gasteiger partial charge in [0, 0.05) is 57.0 Å². The number of fused-ring (bicyclic) bond motifs is 1. The van der Waals surface area contributed by atoms with Crippen LogP contribution in [0.3, 0.4) is 0 Å². The van der Waals surface area contributed by atoms with Gasteiger partial charge in [-0.1, -0.05) is 17.7 Å². The maximum atomic E-state index is 6.05.